The molecule has 0 spiro atoms. The summed E-state index contributed by atoms with van der Waals surface area (Å²) in [5, 5.41) is 9.04. The summed E-state index contributed by atoms with van der Waals surface area (Å²) in [6.45, 7) is 0. The van der Waals surface area contributed by atoms with E-state index in [1.807, 2.05) is 0 Å². The molecule has 0 saturated heterocycles. The smallest absolute Gasteiger partial charge is 0.205 e. The van der Waals surface area contributed by atoms with Gasteiger partial charge in [0, 0.05) is 19.7 Å². The summed E-state index contributed by atoms with van der Waals surface area (Å²) in [5.74, 6) is -0.275. The summed E-state index contributed by atoms with van der Waals surface area (Å²) in [4.78, 5) is 3.82. The molecule has 0 bridgehead atoms. The SMILES string of the molecule is CN(C)S(=O)(=O)n1c(C#N)nc(Cl)c1-c1ccccc1. The molecule has 0 aliphatic carbocycles. The Morgan fingerprint density at radius 1 is 1.30 bits per heavy atom. The van der Waals surface area contributed by atoms with Gasteiger partial charge in [0.2, 0.25) is 5.82 Å². The maximum Gasteiger partial charge on any atom is 0.309 e. The van der Waals surface area contributed by atoms with Crippen LogP contribution in [0.2, 0.25) is 5.15 Å². The molecule has 0 amide bonds. The van der Waals surface area contributed by atoms with Crippen LogP contribution < -0.4 is 0 Å². The maximum atomic E-state index is 12.4. The molecule has 1 aromatic heterocycles. The van der Waals surface area contributed by atoms with Crippen LogP contribution in [0.5, 0.6) is 0 Å². The molecule has 0 fully saturated rings. The third-order valence-electron chi connectivity index (χ3n) is 2.63. The Morgan fingerprint density at radius 3 is 2.40 bits per heavy atom. The first-order valence-electron chi connectivity index (χ1n) is 5.56. The molecular formula is C12H11ClN4O2S. The minimum atomic E-state index is -3.90. The fraction of sp³-hybridized carbons (Fsp3) is 0.167. The van der Waals surface area contributed by atoms with Gasteiger partial charge in [0.15, 0.2) is 5.15 Å². The second-order valence-electron chi connectivity index (χ2n) is 4.11. The monoisotopic (exact) mass is 310 g/mol. The van der Waals surface area contributed by atoms with Crippen molar-refractivity contribution in [2.24, 2.45) is 0 Å². The van der Waals surface area contributed by atoms with Crippen LogP contribution in [-0.4, -0.2) is 35.8 Å². The molecule has 104 valence electrons. The van der Waals surface area contributed by atoms with Crippen LogP contribution in [-0.2, 0) is 10.2 Å². The van der Waals surface area contributed by atoms with E-state index in [0.717, 1.165) is 8.28 Å². The lowest BCUT2D eigenvalue weighted by atomic mass is 10.2. The van der Waals surface area contributed by atoms with Gasteiger partial charge in [-0.2, -0.15) is 22.0 Å². The molecular weight excluding hydrogens is 300 g/mol. The minimum Gasteiger partial charge on any atom is -0.205 e. The maximum absolute atomic E-state index is 12.4. The number of hydrogen-bond donors (Lipinski definition) is 0. The second kappa shape index (κ2) is 5.25. The molecule has 0 atom stereocenters. The van der Waals surface area contributed by atoms with E-state index in [0.29, 0.717) is 5.56 Å². The first kappa shape index (κ1) is 14.5. The molecule has 0 N–H and O–H groups in total. The number of benzene rings is 1. The number of hydrogen-bond acceptors (Lipinski definition) is 4. The quantitative estimate of drug-likeness (QED) is 0.865. The van der Waals surface area contributed by atoms with Gasteiger partial charge in [0.05, 0.1) is 0 Å². The Labute approximate surface area is 122 Å². The van der Waals surface area contributed by atoms with Crippen LogP contribution in [0, 0.1) is 11.3 Å². The van der Waals surface area contributed by atoms with Gasteiger partial charge < -0.3 is 0 Å². The zero-order valence-corrected chi connectivity index (χ0v) is 12.4. The van der Waals surface area contributed by atoms with Crippen LogP contribution in [0.4, 0.5) is 0 Å². The van der Waals surface area contributed by atoms with E-state index in [4.69, 9.17) is 16.9 Å². The highest BCUT2D eigenvalue weighted by molar-refractivity contribution is 7.87. The molecule has 20 heavy (non-hydrogen) atoms. The van der Waals surface area contributed by atoms with Gasteiger partial charge in [-0.25, -0.2) is 4.98 Å². The first-order valence-corrected chi connectivity index (χ1v) is 7.34. The predicted octanol–water partition coefficient (Wildman–Crippen LogP) is 1.73. The molecule has 6 nitrogen and oxygen atoms in total. The van der Waals surface area contributed by atoms with Gasteiger partial charge in [-0.15, -0.1) is 0 Å². The topological polar surface area (TPSA) is 79.0 Å². The van der Waals surface area contributed by atoms with Crippen molar-refractivity contribution in [2.45, 2.75) is 0 Å². The van der Waals surface area contributed by atoms with E-state index in [1.165, 1.54) is 14.1 Å². The van der Waals surface area contributed by atoms with Crippen LogP contribution >= 0.6 is 11.6 Å². The van der Waals surface area contributed by atoms with Gasteiger partial charge in [-0.1, -0.05) is 41.9 Å². The number of nitrogens with zero attached hydrogens (tertiary/aromatic N) is 4. The van der Waals surface area contributed by atoms with Crippen LogP contribution in [0.15, 0.2) is 30.3 Å². The fourth-order valence-electron chi connectivity index (χ4n) is 1.67. The van der Waals surface area contributed by atoms with Crippen molar-refractivity contribution >= 4 is 21.8 Å². The van der Waals surface area contributed by atoms with Gasteiger partial charge in [0.1, 0.15) is 11.8 Å². The zero-order valence-electron chi connectivity index (χ0n) is 10.8. The Morgan fingerprint density at radius 2 is 1.90 bits per heavy atom. The molecule has 0 aliphatic heterocycles. The molecule has 0 saturated carbocycles. The van der Waals surface area contributed by atoms with E-state index in [2.05, 4.69) is 4.98 Å². The van der Waals surface area contributed by atoms with Crippen molar-refractivity contribution in [3.8, 4) is 17.3 Å². The molecule has 0 aliphatic rings. The highest BCUT2D eigenvalue weighted by Gasteiger charge is 2.28. The van der Waals surface area contributed by atoms with Crippen LogP contribution in [0.3, 0.4) is 0 Å². The molecule has 1 aromatic carbocycles. The van der Waals surface area contributed by atoms with Gasteiger partial charge in [-0.05, 0) is 0 Å². The summed E-state index contributed by atoms with van der Waals surface area (Å²) in [5.41, 5.74) is 0.745. The molecule has 0 unspecified atom stereocenters. The first-order chi connectivity index (χ1) is 9.39. The van der Waals surface area contributed by atoms with E-state index < -0.39 is 10.2 Å². The van der Waals surface area contributed by atoms with Gasteiger partial charge in [0.25, 0.3) is 0 Å². The highest BCUT2D eigenvalue weighted by Crippen LogP contribution is 2.30. The minimum absolute atomic E-state index is 0.0295. The fourth-order valence-corrected chi connectivity index (χ4v) is 3.04. The molecule has 2 rings (SSSR count). The van der Waals surface area contributed by atoms with E-state index in [9.17, 15) is 8.42 Å². The Hall–Kier alpha value is -1.88. The molecule has 8 heteroatoms. The van der Waals surface area contributed by atoms with E-state index in [1.54, 1.807) is 36.4 Å². The molecule has 2 aromatic rings. The summed E-state index contributed by atoms with van der Waals surface area (Å²) >= 11 is 6.01. The van der Waals surface area contributed by atoms with Crippen molar-refractivity contribution in [1.82, 2.24) is 13.3 Å². The van der Waals surface area contributed by atoms with Crippen molar-refractivity contribution in [1.29, 1.82) is 5.26 Å². The van der Waals surface area contributed by atoms with Crippen molar-refractivity contribution in [3.05, 3.63) is 41.3 Å². The third-order valence-corrected chi connectivity index (χ3v) is 4.64. The van der Waals surface area contributed by atoms with E-state index >= 15 is 0 Å². The normalized spacial score (nSPS) is 11.6. The largest absolute Gasteiger partial charge is 0.309 e. The highest BCUT2D eigenvalue weighted by atomic mass is 35.5. The van der Waals surface area contributed by atoms with Crippen molar-refractivity contribution in [3.63, 3.8) is 0 Å². The predicted molar refractivity (Wildman–Crippen MR) is 75.4 cm³/mol. The average molecular weight is 311 g/mol. The average Bonchev–Trinajstić information content (AvgIpc) is 2.77. The third kappa shape index (κ3) is 2.29. The van der Waals surface area contributed by atoms with Crippen molar-refractivity contribution in [2.75, 3.05) is 14.1 Å². The van der Waals surface area contributed by atoms with Crippen LogP contribution in [0.1, 0.15) is 5.82 Å². The number of nitriles is 1. The van der Waals surface area contributed by atoms with Gasteiger partial charge >= 0.3 is 10.2 Å². The summed E-state index contributed by atoms with van der Waals surface area (Å²) in [6, 6.07) is 10.4. The van der Waals surface area contributed by atoms with Crippen LogP contribution in [0.25, 0.3) is 11.3 Å². The summed E-state index contributed by atoms with van der Waals surface area (Å²) in [7, 11) is -1.15. The number of halogens is 1. The Kier molecular flexibility index (Phi) is 3.81. The standard InChI is InChI=1S/C12H11ClN4O2S/c1-16(2)20(18,19)17-10(8-14)15-12(13)11(17)9-6-4-3-5-7-9/h3-7H,1-2H3. The van der Waals surface area contributed by atoms with Crippen molar-refractivity contribution < 1.29 is 8.42 Å². The zero-order chi connectivity index (χ0) is 14.9. The number of imidazole rings is 1. The lowest BCUT2D eigenvalue weighted by molar-refractivity contribution is 0.510. The Balaban J connectivity index is 2.84. The lowest BCUT2D eigenvalue weighted by Gasteiger charge is -2.15. The lowest BCUT2D eigenvalue weighted by Crippen LogP contribution is -2.30. The number of aromatic nitrogens is 2. The molecule has 0 radical (unpaired) electrons. The Bertz CT molecular complexity index is 776. The van der Waals surface area contributed by atoms with Gasteiger partial charge in [-0.3, -0.25) is 0 Å². The second-order valence-corrected chi connectivity index (χ2v) is 6.46. The summed E-state index contributed by atoms with van der Waals surface area (Å²) < 4.78 is 26.6. The molecule has 1 heterocycles. The number of rotatable bonds is 3. The van der Waals surface area contributed by atoms with E-state index in [-0.39, 0.29) is 16.7 Å². The summed E-state index contributed by atoms with van der Waals surface area (Å²) in [6.07, 6.45) is 0.